The maximum Gasteiger partial charge on any atom is 0.294 e. The average Bonchev–Trinajstić information content (AvgIpc) is 3.13. The van der Waals surface area contributed by atoms with E-state index in [1.54, 1.807) is 0 Å². The first-order valence-electron chi connectivity index (χ1n) is 12.8. The van der Waals surface area contributed by atoms with E-state index in [4.69, 9.17) is 4.74 Å². The second-order valence-corrected chi connectivity index (χ2v) is 10.8. The highest BCUT2D eigenvalue weighted by molar-refractivity contribution is 6.16. The van der Waals surface area contributed by atoms with Crippen molar-refractivity contribution in [3.8, 4) is 5.75 Å². The Morgan fingerprint density at radius 1 is 0.946 bits per heavy atom. The predicted molar refractivity (Wildman–Crippen MR) is 147 cm³/mol. The summed E-state index contributed by atoms with van der Waals surface area (Å²) < 4.78 is 5.78. The molecule has 0 aromatic heterocycles. The summed E-state index contributed by atoms with van der Waals surface area (Å²) in [5.74, 6) is -0.588. The molecule has 1 atom stereocenters. The fourth-order valence-electron chi connectivity index (χ4n) is 4.63. The maximum atomic E-state index is 13.5. The zero-order chi connectivity index (χ0) is 26.7. The summed E-state index contributed by atoms with van der Waals surface area (Å²) in [6.07, 6.45) is 0.743. The maximum absolute atomic E-state index is 13.5. The van der Waals surface area contributed by atoms with E-state index in [0.717, 1.165) is 16.7 Å². The summed E-state index contributed by atoms with van der Waals surface area (Å²) in [5.41, 5.74) is 3.61. The van der Waals surface area contributed by atoms with Crippen molar-refractivity contribution in [3.63, 3.8) is 0 Å². The Kier molecular flexibility index (Phi) is 7.53. The van der Waals surface area contributed by atoms with E-state index < -0.39 is 17.7 Å². The van der Waals surface area contributed by atoms with Crippen LogP contribution in [0.5, 0.6) is 5.75 Å². The molecule has 1 heterocycles. The van der Waals surface area contributed by atoms with E-state index >= 15 is 0 Å². The highest BCUT2D eigenvalue weighted by Gasteiger charge is 2.44. The number of aryl methyl sites for hydroxylation is 1. The SMILES string of the molecule is CC(C)Oc1ccc(C2C(C(=O)CCc3ccccc3)=C(O)C(=O)N2c2ccc(C(C)(C)C)cc2)cc1. The van der Waals surface area contributed by atoms with Crippen molar-refractivity contribution < 1.29 is 19.4 Å². The van der Waals surface area contributed by atoms with Crippen LogP contribution in [0.25, 0.3) is 0 Å². The van der Waals surface area contributed by atoms with Gasteiger partial charge in [-0.15, -0.1) is 0 Å². The van der Waals surface area contributed by atoms with Crippen molar-refractivity contribution in [1.29, 1.82) is 0 Å². The molecule has 1 N–H and O–H groups in total. The molecule has 3 aromatic rings. The molecule has 0 radical (unpaired) electrons. The zero-order valence-corrected chi connectivity index (χ0v) is 22.2. The average molecular weight is 498 g/mol. The largest absolute Gasteiger partial charge is 0.503 e. The standard InChI is InChI=1S/C32H35NO4/c1-21(2)37-26-18-12-23(13-19-26)29-28(27(34)20-11-22-9-7-6-8-10-22)30(35)31(36)33(29)25-16-14-24(15-17-25)32(3,4)5/h6-10,12-19,21,29,35H,11,20H2,1-5H3. The summed E-state index contributed by atoms with van der Waals surface area (Å²) in [6, 6.07) is 24.1. The first-order valence-corrected chi connectivity index (χ1v) is 12.8. The van der Waals surface area contributed by atoms with Crippen LogP contribution in [0.4, 0.5) is 5.69 Å². The lowest BCUT2D eigenvalue weighted by Crippen LogP contribution is -2.31. The molecule has 4 rings (SSSR count). The van der Waals surface area contributed by atoms with Gasteiger partial charge in [-0.3, -0.25) is 14.5 Å². The highest BCUT2D eigenvalue weighted by atomic mass is 16.5. The van der Waals surface area contributed by atoms with Crippen molar-refractivity contribution in [3.05, 3.63) is 107 Å². The van der Waals surface area contributed by atoms with Crippen molar-refractivity contribution >= 4 is 17.4 Å². The van der Waals surface area contributed by atoms with Crippen LogP contribution in [-0.2, 0) is 21.4 Å². The van der Waals surface area contributed by atoms with E-state index in [1.807, 2.05) is 92.7 Å². The first kappa shape index (κ1) is 26.2. The number of aliphatic hydroxyl groups excluding tert-OH is 1. The minimum Gasteiger partial charge on any atom is -0.503 e. The molecule has 192 valence electrons. The Hall–Kier alpha value is -3.86. The molecule has 0 spiro atoms. The van der Waals surface area contributed by atoms with Crippen molar-refractivity contribution in [1.82, 2.24) is 0 Å². The number of hydrogen-bond acceptors (Lipinski definition) is 4. The molecular formula is C32H35NO4. The number of amides is 1. The smallest absolute Gasteiger partial charge is 0.294 e. The topological polar surface area (TPSA) is 66.8 Å². The summed E-state index contributed by atoms with van der Waals surface area (Å²) in [5, 5.41) is 11.0. The second-order valence-electron chi connectivity index (χ2n) is 10.8. The molecule has 1 unspecified atom stereocenters. The third-order valence-corrected chi connectivity index (χ3v) is 6.57. The molecule has 0 fully saturated rings. The quantitative estimate of drug-likeness (QED) is 0.369. The Morgan fingerprint density at radius 2 is 1.57 bits per heavy atom. The molecule has 37 heavy (non-hydrogen) atoms. The second kappa shape index (κ2) is 10.6. The fourth-order valence-corrected chi connectivity index (χ4v) is 4.63. The van der Waals surface area contributed by atoms with E-state index in [0.29, 0.717) is 17.9 Å². The van der Waals surface area contributed by atoms with E-state index in [9.17, 15) is 14.7 Å². The lowest BCUT2D eigenvalue weighted by Gasteiger charge is -2.28. The van der Waals surface area contributed by atoms with Crippen molar-refractivity contribution in [2.24, 2.45) is 0 Å². The number of anilines is 1. The molecule has 0 saturated carbocycles. The van der Waals surface area contributed by atoms with Crippen LogP contribution < -0.4 is 9.64 Å². The number of nitrogens with zero attached hydrogens (tertiary/aromatic N) is 1. The van der Waals surface area contributed by atoms with Crippen LogP contribution in [0.15, 0.2) is 90.2 Å². The Labute approximate surface area is 219 Å². The number of ether oxygens (including phenoxy) is 1. The van der Waals surface area contributed by atoms with Gasteiger partial charge < -0.3 is 9.84 Å². The van der Waals surface area contributed by atoms with E-state index in [-0.39, 0.29) is 29.3 Å². The number of rotatable bonds is 8. The molecule has 0 saturated heterocycles. The fraction of sp³-hybridized carbons (Fsp3) is 0.312. The van der Waals surface area contributed by atoms with Gasteiger partial charge in [-0.25, -0.2) is 0 Å². The summed E-state index contributed by atoms with van der Waals surface area (Å²) in [4.78, 5) is 28.4. The summed E-state index contributed by atoms with van der Waals surface area (Å²) in [6.45, 7) is 10.3. The molecule has 0 bridgehead atoms. The normalized spacial score (nSPS) is 16.0. The first-order chi connectivity index (χ1) is 17.6. The number of aliphatic hydroxyl groups is 1. The van der Waals surface area contributed by atoms with Gasteiger partial charge in [-0.05, 0) is 66.6 Å². The van der Waals surface area contributed by atoms with E-state index in [1.165, 1.54) is 4.90 Å². The highest BCUT2D eigenvalue weighted by Crippen LogP contribution is 2.42. The monoisotopic (exact) mass is 497 g/mol. The van der Waals surface area contributed by atoms with Gasteiger partial charge in [0.1, 0.15) is 5.75 Å². The number of benzene rings is 3. The van der Waals surface area contributed by atoms with Crippen LogP contribution in [-0.4, -0.2) is 22.9 Å². The number of hydrogen-bond donors (Lipinski definition) is 1. The number of Topliss-reactive ketones (excluding diaryl/α,β-unsaturated/α-hetero) is 1. The van der Waals surface area contributed by atoms with Crippen LogP contribution in [0.1, 0.15) is 63.8 Å². The third-order valence-electron chi connectivity index (χ3n) is 6.57. The summed E-state index contributed by atoms with van der Waals surface area (Å²) in [7, 11) is 0. The number of ketones is 1. The Bertz CT molecular complexity index is 1280. The van der Waals surface area contributed by atoms with Gasteiger partial charge in [-0.2, -0.15) is 0 Å². The van der Waals surface area contributed by atoms with Crippen LogP contribution >= 0.6 is 0 Å². The molecule has 1 amide bonds. The molecular weight excluding hydrogens is 462 g/mol. The van der Waals surface area contributed by atoms with Crippen LogP contribution in [0, 0.1) is 0 Å². The number of carbonyl (C=O) groups excluding carboxylic acids is 2. The van der Waals surface area contributed by atoms with Gasteiger partial charge >= 0.3 is 0 Å². The number of carbonyl (C=O) groups is 2. The van der Waals surface area contributed by atoms with Gasteiger partial charge in [0.25, 0.3) is 5.91 Å². The zero-order valence-electron chi connectivity index (χ0n) is 22.2. The Morgan fingerprint density at radius 3 is 2.14 bits per heavy atom. The molecule has 5 heteroatoms. The summed E-state index contributed by atoms with van der Waals surface area (Å²) >= 11 is 0. The van der Waals surface area contributed by atoms with Gasteiger partial charge in [0.05, 0.1) is 17.7 Å². The molecule has 3 aromatic carbocycles. The van der Waals surface area contributed by atoms with Gasteiger partial charge in [0, 0.05) is 12.1 Å². The van der Waals surface area contributed by atoms with Gasteiger partial charge in [0.15, 0.2) is 11.5 Å². The molecule has 1 aliphatic rings. The lowest BCUT2D eigenvalue weighted by molar-refractivity contribution is -0.118. The van der Waals surface area contributed by atoms with Gasteiger partial charge in [0.2, 0.25) is 0 Å². The van der Waals surface area contributed by atoms with Crippen molar-refractivity contribution in [2.45, 2.75) is 65.0 Å². The van der Waals surface area contributed by atoms with Gasteiger partial charge in [-0.1, -0.05) is 75.4 Å². The molecule has 0 aliphatic carbocycles. The predicted octanol–water partition coefficient (Wildman–Crippen LogP) is 6.87. The molecule has 1 aliphatic heterocycles. The lowest BCUT2D eigenvalue weighted by atomic mass is 9.87. The third kappa shape index (κ3) is 5.77. The minimum atomic E-state index is -0.732. The van der Waals surface area contributed by atoms with Crippen molar-refractivity contribution in [2.75, 3.05) is 4.90 Å². The van der Waals surface area contributed by atoms with Crippen LogP contribution in [0.3, 0.4) is 0 Å². The van der Waals surface area contributed by atoms with E-state index in [2.05, 4.69) is 20.8 Å². The molecule has 5 nitrogen and oxygen atoms in total. The minimum absolute atomic E-state index is 0.0239. The Balaban J connectivity index is 1.71. The van der Waals surface area contributed by atoms with Crippen LogP contribution in [0.2, 0.25) is 0 Å².